The summed E-state index contributed by atoms with van der Waals surface area (Å²) >= 11 is 12.0. The molecule has 3 nitrogen and oxygen atoms in total. The average Bonchev–Trinajstić information content (AvgIpc) is 2.38. The van der Waals surface area contributed by atoms with Crippen LogP contribution in [0.1, 0.15) is 18.9 Å². The highest BCUT2D eigenvalue weighted by Crippen LogP contribution is 2.22. The lowest BCUT2D eigenvalue weighted by atomic mass is 10.1. The quantitative estimate of drug-likeness (QED) is 0.931. The molecular weight excluding hydrogens is 283 g/mol. The zero-order valence-corrected chi connectivity index (χ0v) is 12.5. The Bertz CT molecular complexity index is 465. The van der Waals surface area contributed by atoms with Crippen molar-refractivity contribution in [3.63, 3.8) is 0 Å². The Morgan fingerprint density at radius 1 is 1.47 bits per heavy atom. The van der Waals surface area contributed by atoms with Gasteiger partial charge in [-0.25, -0.2) is 0 Å². The van der Waals surface area contributed by atoms with Crippen LogP contribution < -0.4 is 5.32 Å². The Hall–Kier alpha value is -0.770. The fourth-order valence-corrected chi connectivity index (χ4v) is 2.82. The van der Waals surface area contributed by atoms with Gasteiger partial charge in [0, 0.05) is 42.1 Å². The number of halogens is 2. The van der Waals surface area contributed by atoms with Gasteiger partial charge in [0.15, 0.2) is 0 Å². The Labute approximate surface area is 123 Å². The van der Waals surface area contributed by atoms with E-state index in [9.17, 15) is 4.79 Å². The summed E-state index contributed by atoms with van der Waals surface area (Å²) in [5.74, 6) is 0.194. The number of carbonyl (C=O) groups excluding carboxylic acids is 1. The van der Waals surface area contributed by atoms with E-state index in [1.54, 1.807) is 12.1 Å². The standard InChI is InChI=1S/C14H18Cl2N2O/c1-10-9-17-6-7-18(10)14(19)5-3-11-2-4-12(15)8-13(11)16/h2,4,8,10,17H,3,5-7,9H2,1H3. The van der Waals surface area contributed by atoms with Gasteiger partial charge >= 0.3 is 0 Å². The maximum Gasteiger partial charge on any atom is 0.223 e. The largest absolute Gasteiger partial charge is 0.337 e. The second-order valence-electron chi connectivity index (χ2n) is 4.88. The first-order valence-corrected chi connectivity index (χ1v) is 7.27. The molecular formula is C14H18Cl2N2O. The lowest BCUT2D eigenvalue weighted by molar-refractivity contribution is -0.133. The van der Waals surface area contributed by atoms with Crippen LogP contribution in [0.25, 0.3) is 0 Å². The van der Waals surface area contributed by atoms with E-state index in [1.807, 2.05) is 11.0 Å². The van der Waals surface area contributed by atoms with Gasteiger partial charge in [0.2, 0.25) is 5.91 Å². The fraction of sp³-hybridized carbons (Fsp3) is 0.500. The molecule has 1 aliphatic rings. The zero-order chi connectivity index (χ0) is 13.8. The maximum absolute atomic E-state index is 12.2. The second-order valence-corrected chi connectivity index (χ2v) is 5.72. The lowest BCUT2D eigenvalue weighted by Crippen LogP contribution is -2.52. The van der Waals surface area contributed by atoms with Crippen molar-refractivity contribution in [2.45, 2.75) is 25.8 Å². The normalized spacial score (nSPS) is 19.5. The van der Waals surface area contributed by atoms with E-state index in [1.165, 1.54) is 0 Å². The number of rotatable bonds is 3. The SMILES string of the molecule is CC1CNCCN1C(=O)CCc1ccc(Cl)cc1Cl. The monoisotopic (exact) mass is 300 g/mol. The predicted molar refractivity (Wildman–Crippen MR) is 78.8 cm³/mol. The molecule has 0 saturated carbocycles. The number of nitrogens with zero attached hydrogens (tertiary/aromatic N) is 1. The summed E-state index contributed by atoms with van der Waals surface area (Å²) in [6.07, 6.45) is 1.15. The lowest BCUT2D eigenvalue weighted by Gasteiger charge is -2.34. The summed E-state index contributed by atoms with van der Waals surface area (Å²) in [7, 11) is 0. The number of carbonyl (C=O) groups is 1. The van der Waals surface area contributed by atoms with E-state index in [0.29, 0.717) is 22.9 Å². The molecule has 1 heterocycles. The molecule has 1 unspecified atom stereocenters. The number of nitrogens with one attached hydrogen (secondary N) is 1. The van der Waals surface area contributed by atoms with Gasteiger partial charge in [-0.15, -0.1) is 0 Å². The number of piperazine rings is 1. The molecule has 5 heteroatoms. The molecule has 1 N–H and O–H groups in total. The second kappa shape index (κ2) is 6.60. The predicted octanol–water partition coefficient (Wildman–Crippen LogP) is 2.75. The van der Waals surface area contributed by atoms with Crippen LogP contribution >= 0.6 is 23.2 Å². The molecule has 0 aromatic heterocycles. The van der Waals surface area contributed by atoms with E-state index in [-0.39, 0.29) is 11.9 Å². The van der Waals surface area contributed by atoms with Crippen molar-refractivity contribution in [1.29, 1.82) is 0 Å². The smallest absolute Gasteiger partial charge is 0.223 e. The van der Waals surface area contributed by atoms with E-state index in [4.69, 9.17) is 23.2 Å². The van der Waals surface area contributed by atoms with E-state index in [2.05, 4.69) is 12.2 Å². The van der Waals surface area contributed by atoms with Gasteiger partial charge in [-0.3, -0.25) is 4.79 Å². The van der Waals surface area contributed by atoms with Crippen molar-refractivity contribution in [3.05, 3.63) is 33.8 Å². The van der Waals surface area contributed by atoms with Crippen LogP contribution in [0.3, 0.4) is 0 Å². The maximum atomic E-state index is 12.2. The summed E-state index contributed by atoms with van der Waals surface area (Å²) < 4.78 is 0. The molecule has 1 aliphatic heterocycles. The first-order chi connectivity index (χ1) is 9.08. The number of benzene rings is 1. The van der Waals surface area contributed by atoms with Gasteiger partial charge in [-0.2, -0.15) is 0 Å². The van der Waals surface area contributed by atoms with Crippen LogP contribution in [0.4, 0.5) is 0 Å². The number of aryl methyl sites for hydroxylation is 1. The molecule has 0 spiro atoms. The molecule has 0 bridgehead atoms. The molecule has 1 aromatic carbocycles. The minimum absolute atomic E-state index is 0.194. The van der Waals surface area contributed by atoms with Crippen LogP contribution in [0.15, 0.2) is 18.2 Å². The van der Waals surface area contributed by atoms with Crippen molar-refractivity contribution < 1.29 is 4.79 Å². The van der Waals surface area contributed by atoms with Crippen LogP contribution in [0, 0.1) is 0 Å². The van der Waals surface area contributed by atoms with Crippen molar-refractivity contribution in [2.75, 3.05) is 19.6 Å². The minimum Gasteiger partial charge on any atom is -0.337 e. The van der Waals surface area contributed by atoms with Crippen LogP contribution in [-0.4, -0.2) is 36.5 Å². The number of amides is 1. The van der Waals surface area contributed by atoms with Crippen LogP contribution in [0.5, 0.6) is 0 Å². The van der Waals surface area contributed by atoms with Crippen LogP contribution in [-0.2, 0) is 11.2 Å². The molecule has 104 valence electrons. The summed E-state index contributed by atoms with van der Waals surface area (Å²) in [4.78, 5) is 14.1. The third-order valence-corrected chi connectivity index (χ3v) is 4.03. The van der Waals surface area contributed by atoms with E-state index in [0.717, 1.165) is 25.2 Å². The van der Waals surface area contributed by atoms with Crippen LogP contribution in [0.2, 0.25) is 10.0 Å². The zero-order valence-electron chi connectivity index (χ0n) is 11.0. The summed E-state index contributed by atoms with van der Waals surface area (Å²) in [5, 5.41) is 4.53. The summed E-state index contributed by atoms with van der Waals surface area (Å²) in [5.41, 5.74) is 0.974. The van der Waals surface area contributed by atoms with Crippen molar-refractivity contribution in [1.82, 2.24) is 10.2 Å². The highest BCUT2D eigenvalue weighted by atomic mass is 35.5. The first-order valence-electron chi connectivity index (χ1n) is 6.52. The van der Waals surface area contributed by atoms with Gasteiger partial charge in [0.05, 0.1) is 0 Å². The van der Waals surface area contributed by atoms with Gasteiger partial charge in [-0.05, 0) is 31.0 Å². The highest BCUT2D eigenvalue weighted by molar-refractivity contribution is 6.35. The van der Waals surface area contributed by atoms with Crippen molar-refractivity contribution in [3.8, 4) is 0 Å². The number of hydrogen-bond donors (Lipinski definition) is 1. The van der Waals surface area contributed by atoms with E-state index >= 15 is 0 Å². The van der Waals surface area contributed by atoms with E-state index < -0.39 is 0 Å². The Morgan fingerprint density at radius 2 is 2.26 bits per heavy atom. The summed E-state index contributed by atoms with van der Waals surface area (Å²) in [6, 6.07) is 5.68. The third-order valence-electron chi connectivity index (χ3n) is 3.44. The Balaban J connectivity index is 1.92. The third kappa shape index (κ3) is 3.85. The molecule has 1 amide bonds. The highest BCUT2D eigenvalue weighted by Gasteiger charge is 2.22. The van der Waals surface area contributed by atoms with Gasteiger partial charge < -0.3 is 10.2 Å². The molecule has 1 fully saturated rings. The van der Waals surface area contributed by atoms with Crippen molar-refractivity contribution >= 4 is 29.1 Å². The first kappa shape index (κ1) is 14.6. The molecule has 1 aromatic rings. The topological polar surface area (TPSA) is 32.3 Å². The molecule has 0 aliphatic carbocycles. The Morgan fingerprint density at radius 3 is 2.95 bits per heavy atom. The minimum atomic E-state index is 0.194. The summed E-state index contributed by atoms with van der Waals surface area (Å²) in [6.45, 7) is 4.60. The van der Waals surface area contributed by atoms with Gasteiger partial charge in [0.25, 0.3) is 0 Å². The Kier molecular flexibility index (Phi) is 5.08. The van der Waals surface area contributed by atoms with Gasteiger partial charge in [-0.1, -0.05) is 29.3 Å². The molecule has 19 heavy (non-hydrogen) atoms. The molecule has 1 saturated heterocycles. The average molecular weight is 301 g/mol. The number of hydrogen-bond acceptors (Lipinski definition) is 2. The fourth-order valence-electron chi connectivity index (χ4n) is 2.32. The molecule has 1 atom stereocenters. The van der Waals surface area contributed by atoms with Gasteiger partial charge in [0.1, 0.15) is 0 Å². The molecule has 2 rings (SSSR count). The molecule has 0 radical (unpaired) electrons. The van der Waals surface area contributed by atoms with Crippen molar-refractivity contribution in [2.24, 2.45) is 0 Å².